The minimum atomic E-state index is -0.928. The number of benzene rings is 1. The van der Waals surface area contributed by atoms with Crippen LogP contribution in [0, 0.1) is 5.92 Å². The van der Waals surface area contributed by atoms with E-state index in [1.165, 1.54) is 4.90 Å². The van der Waals surface area contributed by atoms with Gasteiger partial charge in [-0.2, -0.15) is 5.10 Å². The van der Waals surface area contributed by atoms with Crippen LogP contribution in [0.5, 0.6) is 0 Å². The predicted octanol–water partition coefficient (Wildman–Crippen LogP) is 2.46. The highest BCUT2D eigenvalue weighted by atomic mass is 16.5. The summed E-state index contributed by atoms with van der Waals surface area (Å²) in [5, 5.41) is 13.5. The van der Waals surface area contributed by atoms with Gasteiger partial charge in [-0.25, -0.2) is 4.68 Å². The molecule has 1 atom stereocenters. The lowest BCUT2D eigenvalue weighted by Crippen LogP contribution is -2.38. The summed E-state index contributed by atoms with van der Waals surface area (Å²) in [7, 11) is 0. The van der Waals surface area contributed by atoms with Crippen LogP contribution in [0.4, 0.5) is 0 Å². The Morgan fingerprint density at radius 3 is 2.65 bits per heavy atom. The zero-order chi connectivity index (χ0) is 18.9. The quantitative estimate of drug-likeness (QED) is 0.659. The van der Waals surface area contributed by atoms with Gasteiger partial charge in [0.15, 0.2) is 5.69 Å². The Bertz CT molecular complexity index is 715. The molecule has 1 heterocycles. The van der Waals surface area contributed by atoms with E-state index >= 15 is 0 Å². The average molecular weight is 359 g/mol. The highest BCUT2D eigenvalue weighted by molar-refractivity contribution is 5.92. The van der Waals surface area contributed by atoms with E-state index < -0.39 is 11.9 Å². The molecule has 0 saturated carbocycles. The summed E-state index contributed by atoms with van der Waals surface area (Å²) in [6, 6.07) is 11.1. The summed E-state index contributed by atoms with van der Waals surface area (Å²) in [4.78, 5) is 25.5. The maximum absolute atomic E-state index is 12.8. The van der Waals surface area contributed by atoms with Crippen LogP contribution in [0.3, 0.4) is 0 Å². The van der Waals surface area contributed by atoms with Crippen molar-refractivity contribution < 1.29 is 19.4 Å². The van der Waals surface area contributed by atoms with Crippen LogP contribution in [0.1, 0.15) is 30.8 Å². The second-order valence-corrected chi connectivity index (χ2v) is 6.02. The first-order valence-corrected chi connectivity index (χ1v) is 8.73. The molecule has 1 amide bonds. The van der Waals surface area contributed by atoms with E-state index in [0.29, 0.717) is 31.9 Å². The number of rotatable bonds is 10. The normalized spacial score (nSPS) is 11.9. The highest BCUT2D eigenvalue weighted by Crippen LogP contribution is 2.11. The van der Waals surface area contributed by atoms with Crippen LogP contribution in [0.15, 0.2) is 42.6 Å². The monoisotopic (exact) mass is 359 g/mol. The molecule has 0 bridgehead atoms. The van der Waals surface area contributed by atoms with Crippen molar-refractivity contribution in [2.45, 2.75) is 20.3 Å². The van der Waals surface area contributed by atoms with Crippen molar-refractivity contribution in [3.8, 4) is 5.69 Å². The van der Waals surface area contributed by atoms with Gasteiger partial charge in [-0.3, -0.25) is 9.59 Å². The third kappa shape index (κ3) is 5.42. The number of aliphatic carboxylic acids is 1. The number of nitrogens with zero attached hydrogens (tertiary/aromatic N) is 3. The zero-order valence-electron chi connectivity index (χ0n) is 15.2. The molecule has 0 saturated heterocycles. The predicted molar refractivity (Wildman–Crippen MR) is 97.4 cm³/mol. The SMILES string of the molecule is CCOCCCN(CC(C)C(=O)O)C(=O)c1ccn(-c2ccccc2)n1. The fraction of sp³-hybridized carbons (Fsp3) is 0.421. The topological polar surface area (TPSA) is 84.7 Å². The lowest BCUT2D eigenvalue weighted by Gasteiger charge is -2.23. The Hall–Kier alpha value is -2.67. The summed E-state index contributed by atoms with van der Waals surface area (Å²) >= 11 is 0. The van der Waals surface area contributed by atoms with Gasteiger partial charge in [0.2, 0.25) is 0 Å². The maximum atomic E-state index is 12.8. The molecule has 0 aliphatic rings. The number of carboxylic acids is 1. The molecule has 1 unspecified atom stereocenters. The Kier molecular flexibility index (Phi) is 7.35. The van der Waals surface area contributed by atoms with Crippen molar-refractivity contribution in [2.75, 3.05) is 26.3 Å². The Balaban J connectivity index is 2.11. The van der Waals surface area contributed by atoms with Gasteiger partial charge in [0.25, 0.3) is 5.91 Å². The third-order valence-corrected chi connectivity index (χ3v) is 3.95. The van der Waals surface area contributed by atoms with Gasteiger partial charge in [0, 0.05) is 32.5 Å². The highest BCUT2D eigenvalue weighted by Gasteiger charge is 2.23. The second-order valence-electron chi connectivity index (χ2n) is 6.02. The standard InChI is InChI=1S/C19H25N3O4/c1-3-26-13-7-11-21(14-15(2)19(24)25)18(23)17-10-12-22(20-17)16-8-5-4-6-9-16/h4-6,8-10,12,15H,3,7,11,13-14H2,1-2H3,(H,24,25). The lowest BCUT2D eigenvalue weighted by atomic mass is 10.1. The van der Waals surface area contributed by atoms with E-state index in [0.717, 1.165) is 5.69 Å². The lowest BCUT2D eigenvalue weighted by molar-refractivity contribution is -0.141. The Morgan fingerprint density at radius 1 is 1.27 bits per heavy atom. The minimum Gasteiger partial charge on any atom is -0.481 e. The number of carbonyl (C=O) groups is 2. The number of para-hydroxylation sites is 1. The van der Waals surface area contributed by atoms with Crippen LogP contribution in [0.25, 0.3) is 5.69 Å². The van der Waals surface area contributed by atoms with E-state index in [4.69, 9.17) is 9.84 Å². The van der Waals surface area contributed by atoms with Crippen molar-refractivity contribution in [1.82, 2.24) is 14.7 Å². The molecule has 1 aromatic heterocycles. The molecule has 1 aromatic carbocycles. The van der Waals surface area contributed by atoms with E-state index in [9.17, 15) is 9.59 Å². The molecule has 2 aromatic rings. The Morgan fingerprint density at radius 2 is 2.00 bits per heavy atom. The number of aromatic nitrogens is 2. The summed E-state index contributed by atoms with van der Waals surface area (Å²) in [6.07, 6.45) is 2.37. The van der Waals surface area contributed by atoms with Crippen molar-refractivity contribution in [2.24, 2.45) is 5.92 Å². The molecular weight excluding hydrogens is 334 g/mol. The fourth-order valence-electron chi connectivity index (χ4n) is 2.51. The summed E-state index contributed by atoms with van der Waals surface area (Å²) in [5.41, 5.74) is 1.15. The van der Waals surface area contributed by atoms with Gasteiger partial charge in [-0.05, 0) is 31.5 Å². The molecule has 2 rings (SSSR count). The van der Waals surface area contributed by atoms with Crippen LogP contribution in [-0.2, 0) is 9.53 Å². The number of hydrogen-bond donors (Lipinski definition) is 1. The summed E-state index contributed by atoms with van der Waals surface area (Å²) in [6.45, 7) is 5.20. The molecule has 0 aliphatic carbocycles. The zero-order valence-corrected chi connectivity index (χ0v) is 15.2. The maximum Gasteiger partial charge on any atom is 0.308 e. The molecule has 7 heteroatoms. The van der Waals surface area contributed by atoms with Crippen LogP contribution < -0.4 is 0 Å². The number of amides is 1. The largest absolute Gasteiger partial charge is 0.481 e. The molecule has 0 radical (unpaired) electrons. The van der Waals surface area contributed by atoms with Crippen molar-refractivity contribution in [1.29, 1.82) is 0 Å². The summed E-state index contributed by atoms with van der Waals surface area (Å²) < 4.78 is 6.94. The van der Waals surface area contributed by atoms with Gasteiger partial charge < -0.3 is 14.7 Å². The molecule has 26 heavy (non-hydrogen) atoms. The third-order valence-electron chi connectivity index (χ3n) is 3.95. The molecule has 7 nitrogen and oxygen atoms in total. The van der Waals surface area contributed by atoms with Gasteiger partial charge in [-0.1, -0.05) is 25.1 Å². The number of hydrogen-bond acceptors (Lipinski definition) is 4. The van der Waals surface area contributed by atoms with Gasteiger partial charge >= 0.3 is 5.97 Å². The van der Waals surface area contributed by atoms with Crippen LogP contribution in [0.2, 0.25) is 0 Å². The molecule has 0 fully saturated rings. The van der Waals surface area contributed by atoms with Gasteiger partial charge in [-0.15, -0.1) is 0 Å². The molecule has 0 aliphatic heterocycles. The van der Waals surface area contributed by atoms with E-state index in [1.54, 1.807) is 23.9 Å². The first-order chi connectivity index (χ1) is 12.5. The molecular formula is C19H25N3O4. The first kappa shape index (κ1) is 19.7. The number of carbonyl (C=O) groups excluding carboxylic acids is 1. The fourth-order valence-corrected chi connectivity index (χ4v) is 2.51. The van der Waals surface area contributed by atoms with Crippen LogP contribution >= 0.6 is 0 Å². The average Bonchev–Trinajstić information content (AvgIpc) is 3.14. The van der Waals surface area contributed by atoms with Crippen molar-refractivity contribution in [3.05, 3.63) is 48.3 Å². The summed E-state index contributed by atoms with van der Waals surface area (Å²) in [5.74, 6) is -1.85. The smallest absolute Gasteiger partial charge is 0.308 e. The molecule has 140 valence electrons. The van der Waals surface area contributed by atoms with Crippen LogP contribution in [-0.4, -0.2) is 58.0 Å². The van der Waals surface area contributed by atoms with Crippen molar-refractivity contribution >= 4 is 11.9 Å². The molecule has 1 N–H and O–H groups in total. The number of ether oxygens (including phenoxy) is 1. The van der Waals surface area contributed by atoms with E-state index in [2.05, 4.69) is 5.10 Å². The van der Waals surface area contributed by atoms with Gasteiger partial charge in [0.05, 0.1) is 11.6 Å². The van der Waals surface area contributed by atoms with E-state index in [-0.39, 0.29) is 12.5 Å². The first-order valence-electron chi connectivity index (χ1n) is 8.73. The minimum absolute atomic E-state index is 0.137. The number of carboxylic acid groups (broad SMARTS) is 1. The Labute approximate surface area is 153 Å². The molecule has 0 spiro atoms. The van der Waals surface area contributed by atoms with Crippen molar-refractivity contribution in [3.63, 3.8) is 0 Å². The van der Waals surface area contributed by atoms with E-state index in [1.807, 2.05) is 37.3 Å². The van der Waals surface area contributed by atoms with Gasteiger partial charge in [0.1, 0.15) is 0 Å². The second kappa shape index (κ2) is 9.72.